The standard InChI is InChI=1S/C15H24NO6/c1-9(17)8-16(6,7)14(10(2)18,11(3)19)15(22,12(4)20)13(5)21/h22H,8H2,1-7H3/q+1. The van der Waals surface area contributed by atoms with E-state index in [0.29, 0.717) is 0 Å². The first-order chi connectivity index (χ1) is 9.69. The molecule has 0 saturated carbocycles. The molecule has 0 atom stereocenters. The zero-order valence-corrected chi connectivity index (χ0v) is 14.1. The van der Waals surface area contributed by atoms with Crippen LogP contribution in [0.4, 0.5) is 0 Å². The lowest BCUT2D eigenvalue weighted by atomic mass is 9.67. The van der Waals surface area contributed by atoms with E-state index in [0.717, 1.165) is 27.7 Å². The van der Waals surface area contributed by atoms with Gasteiger partial charge in [0.15, 0.2) is 17.3 Å². The minimum Gasteiger partial charge on any atom is -0.369 e. The van der Waals surface area contributed by atoms with E-state index < -0.39 is 38.8 Å². The normalized spacial score (nSPS) is 12.7. The predicted octanol–water partition coefficient (Wildman–Crippen LogP) is -0.522. The minimum absolute atomic E-state index is 0.304. The van der Waals surface area contributed by atoms with Crippen molar-refractivity contribution in [1.29, 1.82) is 0 Å². The second kappa shape index (κ2) is 6.18. The van der Waals surface area contributed by atoms with Gasteiger partial charge in [-0.05, 0) is 13.8 Å². The first kappa shape index (κ1) is 20.3. The fourth-order valence-corrected chi connectivity index (χ4v) is 3.48. The third-order valence-corrected chi connectivity index (χ3v) is 4.09. The summed E-state index contributed by atoms with van der Waals surface area (Å²) in [7, 11) is 2.72. The van der Waals surface area contributed by atoms with Gasteiger partial charge in [0.2, 0.25) is 11.6 Å². The van der Waals surface area contributed by atoms with Gasteiger partial charge in [-0.25, -0.2) is 0 Å². The molecular weight excluding hydrogens is 290 g/mol. The van der Waals surface area contributed by atoms with Crippen LogP contribution >= 0.6 is 0 Å². The average molecular weight is 314 g/mol. The highest BCUT2D eigenvalue weighted by Crippen LogP contribution is 2.37. The lowest BCUT2D eigenvalue weighted by Gasteiger charge is -2.50. The Morgan fingerprint density at radius 1 is 0.773 bits per heavy atom. The molecule has 0 radical (unpaired) electrons. The highest BCUT2D eigenvalue weighted by Gasteiger charge is 2.72. The average Bonchev–Trinajstić information content (AvgIpc) is 2.24. The maximum absolute atomic E-state index is 12.4. The van der Waals surface area contributed by atoms with E-state index in [9.17, 15) is 29.1 Å². The van der Waals surface area contributed by atoms with Crippen LogP contribution in [0.2, 0.25) is 0 Å². The molecule has 7 nitrogen and oxygen atoms in total. The first-order valence-corrected chi connectivity index (χ1v) is 6.78. The van der Waals surface area contributed by atoms with E-state index in [4.69, 9.17) is 0 Å². The molecule has 0 aromatic carbocycles. The number of carbonyl (C=O) groups is 5. The van der Waals surface area contributed by atoms with Crippen LogP contribution in [0.1, 0.15) is 34.6 Å². The van der Waals surface area contributed by atoms with Crippen molar-refractivity contribution in [3.63, 3.8) is 0 Å². The van der Waals surface area contributed by atoms with E-state index >= 15 is 0 Å². The SMILES string of the molecule is CC(=O)C[N+](C)(C)C(C(C)=O)(C(C)=O)C(O)(C(C)=O)C(C)=O. The number of carbonyl (C=O) groups excluding carboxylic acids is 5. The molecule has 0 aliphatic carbocycles. The maximum atomic E-state index is 12.4. The van der Waals surface area contributed by atoms with Gasteiger partial charge < -0.3 is 9.59 Å². The van der Waals surface area contributed by atoms with Crippen LogP contribution < -0.4 is 0 Å². The van der Waals surface area contributed by atoms with Gasteiger partial charge in [0.1, 0.15) is 6.54 Å². The summed E-state index contributed by atoms with van der Waals surface area (Å²) in [5, 5.41) is 10.8. The fourth-order valence-electron chi connectivity index (χ4n) is 3.48. The molecule has 0 aromatic rings. The molecule has 0 amide bonds. The molecule has 0 heterocycles. The summed E-state index contributed by atoms with van der Waals surface area (Å²) in [6, 6.07) is 0. The Labute approximate surface area is 129 Å². The summed E-state index contributed by atoms with van der Waals surface area (Å²) in [6.07, 6.45) is 0. The zero-order chi connectivity index (χ0) is 18.1. The van der Waals surface area contributed by atoms with Gasteiger partial charge >= 0.3 is 0 Å². The second-order valence-corrected chi connectivity index (χ2v) is 6.19. The molecule has 1 N–H and O–H groups in total. The summed E-state index contributed by atoms with van der Waals surface area (Å²) < 4.78 is -0.622. The van der Waals surface area contributed by atoms with Crippen LogP contribution in [0.5, 0.6) is 0 Å². The number of ketones is 5. The van der Waals surface area contributed by atoms with E-state index in [1.54, 1.807) is 0 Å². The van der Waals surface area contributed by atoms with Gasteiger partial charge in [-0.1, -0.05) is 0 Å². The molecule has 124 valence electrons. The Bertz CT molecular complexity index is 518. The summed E-state index contributed by atoms with van der Waals surface area (Å²) in [5.41, 5.74) is -5.21. The molecule has 22 heavy (non-hydrogen) atoms. The largest absolute Gasteiger partial charge is 0.369 e. The number of aliphatic hydroxyl groups is 1. The Hall–Kier alpha value is -1.73. The molecule has 0 fully saturated rings. The number of likely N-dealkylation sites (N-methyl/N-ethyl adjacent to an activating group) is 1. The first-order valence-electron chi connectivity index (χ1n) is 6.78. The predicted molar refractivity (Wildman–Crippen MR) is 78.1 cm³/mol. The summed E-state index contributed by atoms with van der Waals surface area (Å²) in [4.78, 5) is 60.3. The quantitative estimate of drug-likeness (QED) is 0.477. The molecule has 0 unspecified atom stereocenters. The molecule has 0 saturated heterocycles. The van der Waals surface area contributed by atoms with Crippen LogP contribution in [-0.4, -0.2) is 70.3 Å². The van der Waals surface area contributed by atoms with Gasteiger partial charge in [0.05, 0.1) is 14.1 Å². The van der Waals surface area contributed by atoms with Crippen molar-refractivity contribution in [1.82, 2.24) is 0 Å². The third-order valence-electron chi connectivity index (χ3n) is 4.09. The van der Waals surface area contributed by atoms with Gasteiger partial charge in [-0.2, -0.15) is 0 Å². The van der Waals surface area contributed by atoms with Gasteiger partial charge in [-0.15, -0.1) is 0 Å². The summed E-state index contributed by atoms with van der Waals surface area (Å²) in [5.74, 6) is -4.08. The van der Waals surface area contributed by atoms with Gasteiger partial charge in [0, 0.05) is 20.8 Å². The van der Waals surface area contributed by atoms with Gasteiger partial charge in [0.25, 0.3) is 11.1 Å². The van der Waals surface area contributed by atoms with Crippen molar-refractivity contribution in [2.45, 2.75) is 45.8 Å². The number of rotatable bonds is 8. The van der Waals surface area contributed by atoms with E-state index in [-0.39, 0.29) is 12.3 Å². The Balaban J connectivity index is 6.94. The third kappa shape index (κ3) is 2.66. The lowest BCUT2D eigenvalue weighted by molar-refractivity contribution is -0.918. The Morgan fingerprint density at radius 2 is 1.09 bits per heavy atom. The fraction of sp³-hybridized carbons (Fsp3) is 0.667. The number of nitrogens with zero attached hydrogens (tertiary/aromatic N) is 1. The number of quaternary nitrogens is 1. The molecule has 0 aliphatic heterocycles. The van der Waals surface area contributed by atoms with Crippen molar-refractivity contribution in [2.75, 3.05) is 20.6 Å². The van der Waals surface area contributed by atoms with Crippen molar-refractivity contribution in [3.8, 4) is 0 Å². The van der Waals surface area contributed by atoms with Crippen molar-refractivity contribution >= 4 is 28.9 Å². The monoisotopic (exact) mass is 314 g/mol. The van der Waals surface area contributed by atoms with Crippen molar-refractivity contribution in [3.05, 3.63) is 0 Å². The number of hydrogen-bond donors (Lipinski definition) is 1. The van der Waals surface area contributed by atoms with E-state index in [1.807, 2.05) is 0 Å². The van der Waals surface area contributed by atoms with E-state index in [2.05, 4.69) is 0 Å². The molecule has 0 rings (SSSR count). The summed E-state index contributed by atoms with van der Waals surface area (Å²) >= 11 is 0. The lowest BCUT2D eigenvalue weighted by Crippen LogP contribution is -2.82. The maximum Gasteiger partial charge on any atom is 0.259 e. The topological polar surface area (TPSA) is 106 Å². The highest BCUT2D eigenvalue weighted by molar-refractivity contribution is 6.23. The van der Waals surface area contributed by atoms with Crippen molar-refractivity contribution < 1.29 is 33.6 Å². The van der Waals surface area contributed by atoms with Crippen LogP contribution in [-0.2, 0) is 24.0 Å². The molecule has 0 spiro atoms. The Morgan fingerprint density at radius 3 is 1.27 bits per heavy atom. The Kier molecular flexibility index (Phi) is 5.69. The smallest absolute Gasteiger partial charge is 0.259 e. The van der Waals surface area contributed by atoms with Gasteiger partial charge in [-0.3, -0.25) is 24.0 Å². The highest BCUT2D eigenvalue weighted by atomic mass is 16.3. The second-order valence-electron chi connectivity index (χ2n) is 6.19. The molecule has 0 bridgehead atoms. The zero-order valence-electron chi connectivity index (χ0n) is 14.1. The van der Waals surface area contributed by atoms with Crippen molar-refractivity contribution in [2.24, 2.45) is 0 Å². The van der Waals surface area contributed by atoms with Crippen LogP contribution in [0.3, 0.4) is 0 Å². The minimum atomic E-state index is -2.83. The summed E-state index contributed by atoms with van der Waals surface area (Å²) in [6.45, 7) is 4.88. The molecule has 0 aliphatic rings. The van der Waals surface area contributed by atoms with Crippen LogP contribution in [0.15, 0.2) is 0 Å². The number of hydrogen-bond acceptors (Lipinski definition) is 6. The van der Waals surface area contributed by atoms with E-state index in [1.165, 1.54) is 21.0 Å². The molecule has 0 aromatic heterocycles. The van der Waals surface area contributed by atoms with Crippen LogP contribution in [0, 0.1) is 0 Å². The molecule has 7 heteroatoms. The molecular formula is C15H24NO6+. The van der Waals surface area contributed by atoms with Crippen LogP contribution in [0.25, 0.3) is 0 Å². The number of Topliss-reactive ketones (excluding diaryl/α,β-unsaturated/α-hetero) is 5.